The molecule has 0 spiro atoms. The topological polar surface area (TPSA) is 85.3 Å². The summed E-state index contributed by atoms with van der Waals surface area (Å²) in [5.41, 5.74) is -0.298. The first-order valence-electron chi connectivity index (χ1n) is 8.60. The molecule has 1 aliphatic rings. The van der Waals surface area contributed by atoms with E-state index < -0.39 is 33.8 Å². The van der Waals surface area contributed by atoms with Crippen molar-refractivity contribution in [1.29, 1.82) is 0 Å². The molecule has 1 fully saturated rings. The Morgan fingerprint density at radius 2 is 2.07 bits per heavy atom. The summed E-state index contributed by atoms with van der Waals surface area (Å²) in [7, 11) is -2.79. The lowest BCUT2D eigenvalue weighted by Gasteiger charge is -2.20. The van der Waals surface area contributed by atoms with E-state index in [1.165, 1.54) is 18.2 Å². The molecular weight excluding hydrogens is 445 g/mol. The van der Waals surface area contributed by atoms with Gasteiger partial charge in [-0.05, 0) is 29.1 Å². The summed E-state index contributed by atoms with van der Waals surface area (Å²) in [4.78, 5) is 17.2. The normalized spacial score (nSPS) is 19.2. The van der Waals surface area contributed by atoms with E-state index in [4.69, 9.17) is 9.57 Å². The number of benzene rings is 1. The Kier molecular flexibility index (Phi) is 6.48. The second-order valence-electron chi connectivity index (χ2n) is 6.35. The number of halogens is 3. The molecule has 0 amide bonds. The first-order chi connectivity index (χ1) is 14.1. The summed E-state index contributed by atoms with van der Waals surface area (Å²) >= 11 is 1.01. The Hall–Kier alpha value is -2.44. The number of hydrogen-bond donors (Lipinski definition) is 0. The molecule has 0 bridgehead atoms. The smallest absolute Gasteiger partial charge is 0.416 e. The maximum atomic E-state index is 12.8. The number of rotatable bonds is 6. The van der Waals surface area contributed by atoms with Gasteiger partial charge in [-0.2, -0.15) is 17.5 Å². The standard InChI is InChI=1S/C18H17F3N2O5S2/c1-27-17(24)15-9-14(10-23(15)30(25,26)16-6-3-7-29-16)22-28-11-12-4-2-5-13(8-12)18(19,20)21/h2-8,15H,9-11H2,1H3. The van der Waals surface area contributed by atoms with Crippen LogP contribution < -0.4 is 0 Å². The molecule has 30 heavy (non-hydrogen) atoms. The Bertz CT molecular complexity index is 1040. The lowest BCUT2D eigenvalue weighted by Crippen LogP contribution is -2.40. The average molecular weight is 462 g/mol. The van der Waals surface area contributed by atoms with Crippen LogP contribution in [0.4, 0.5) is 13.2 Å². The van der Waals surface area contributed by atoms with Crippen molar-refractivity contribution in [2.24, 2.45) is 5.16 Å². The predicted molar refractivity (Wildman–Crippen MR) is 102 cm³/mol. The number of ether oxygens (including phenoxy) is 1. The fourth-order valence-corrected chi connectivity index (χ4v) is 5.58. The van der Waals surface area contributed by atoms with Gasteiger partial charge in [0.15, 0.2) is 0 Å². The van der Waals surface area contributed by atoms with Crippen LogP contribution >= 0.6 is 11.3 Å². The van der Waals surface area contributed by atoms with E-state index in [9.17, 15) is 26.4 Å². The highest BCUT2D eigenvalue weighted by molar-refractivity contribution is 7.91. The molecule has 3 rings (SSSR count). The number of esters is 1. The molecule has 0 saturated carbocycles. The van der Waals surface area contributed by atoms with Crippen LogP contribution in [0.2, 0.25) is 0 Å². The van der Waals surface area contributed by atoms with Gasteiger partial charge in [0.1, 0.15) is 16.9 Å². The van der Waals surface area contributed by atoms with E-state index in [1.807, 2.05) is 0 Å². The third-order valence-electron chi connectivity index (χ3n) is 4.33. The molecule has 0 radical (unpaired) electrons. The second-order valence-corrected chi connectivity index (χ2v) is 9.42. The fraction of sp³-hybridized carbons (Fsp3) is 0.333. The van der Waals surface area contributed by atoms with Crippen molar-refractivity contribution in [2.75, 3.05) is 13.7 Å². The van der Waals surface area contributed by atoms with E-state index >= 15 is 0 Å². The van der Waals surface area contributed by atoms with Crippen molar-refractivity contribution in [3.05, 3.63) is 52.9 Å². The van der Waals surface area contributed by atoms with Crippen molar-refractivity contribution in [3.8, 4) is 0 Å². The van der Waals surface area contributed by atoms with Crippen LogP contribution in [0.1, 0.15) is 17.5 Å². The quantitative estimate of drug-likeness (QED) is 0.486. The molecule has 2 aromatic rings. The van der Waals surface area contributed by atoms with E-state index in [-0.39, 0.29) is 35.1 Å². The van der Waals surface area contributed by atoms with Crippen molar-refractivity contribution in [3.63, 3.8) is 0 Å². The van der Waals surface area contributed by atoms with Crippen LogP contribution in [0, 0.1) is 0 Å². The predicted octanol–water partition coefficient (Wildman–Crippen LogP) is 3.28. The lowest BCUT2D eigenvalue weighted by molar-refractivity contribution is -0.144. The molecule has 1 aromatic carbocycles. The van der Waals surface area contributed by atoms with Gasteiger partial charge >= 0.3 is 12.1 Å². The molecule has 12 heteroatoms. The number of carbonyl (C=O) groups is 1. The first-order valence-corrected chi connectivity index (χ1v) is 10.9. The number of sulfonamides is 1. The van der Waals surface area contributed by atoms with Gasteiger partial charge in [0, 0.05) is 6.42 Å². The van der Waals surface area contributed by atoms with Gasteiger partial charge in [-0.25, -0.2) is 8.42 Å². The highest BCUT2D eigenvalue weighted by atomic mass is 32.2. The zero-order chi connectivity index (χ0) is 21.9. The van der Waals surface area contributed by atoms with Crippen LogP contribution in [0.5, 0.6) is 0 Å². The lowest BCUT2D eigenvalue weighted by atomic mass is 10.1. The molecule has 2 heterocycles. The minimum Gasteiger partial charge on any atom is -0.468 e. The number of oxime groups is 1. The minimum atomic E-state index is -4.47. The number of alkyl halides is 3. The van der Waals surface area contributed by atoms with Gasteiger partial charge < -0.3 is 9.57 Å². The van der Waals surface area contributed by atoms with E-state index in [0.717, 1.165) is 34.9 Å². The van der Waals surface area contributed by atoms with Crippen molar-refractivity contribution in [2.45, 2.75) is 29.5 Å². The van der Waals surface area contributed by atoms with E-state index in [1.54, 1.807) is 11.4 Å². The van der Waals surface area contributed by atoms with Gasteiger partial charge in [-0.1, -0.05) is 23.4 Å². The molecule has 0 N–H and O–H groups in total. The molecular formula is C18H17F3N2O5S2. The zero-order valence-corrected chi connectivity index (χ0v) is 17.3. The summed E-state index contributed by atoms with van der Waals surface area (Å²) < 4.78 is 69.8. The van der Waals surface area contributed by atoms with Crippen LogP contribution in [0.15, 0.2) is 51.1 Å². The van der Waals surface area contributed by atoms with Crippen molar-refractivity contribution in [1.82, 2.24) is 4.31 Å². The van der Waals surface area contributed by atoms with Crippen LogP contribution in [-0.2, 0) is 37.2 Å². The van der Waals surface area contributed by atoms with Gasteiger partial charge in [0.05, 0.1) is 24.9 Å². The Balaban J connectivity index is 1.74. The molecule has 1 aliphatic heterocycles. The number of hydrogen-bond acceptors (Lipinski definition) is 7. The molecule has 1 saturated heterocycles. The first kappa shape index (κ1) is 22.2. The number of thiophene rings is 1. The van der Waals surface area contributed by atoms with Crippen molar-refractivity contribution < 1.29 is 36.0 Å². The van der Waals surface area contributed by atoms with Gasteiger partial charge in [0.2, 0.25) is 0 Å². The molecule has 1 unspecified atom stereocenters. The number of nitrogens with zero attached hydrogens (tertiary/aromatic N) is 2. The average Bonchev–Trinajstić information content (AvgIpc) is 3.38. The number of carbonyl (C=O) groups excluding carboxylic acids is 1. The largest absolute Gasteiger partial charge is 0.468 e. The minimum absolute atomic E-state index is 0.0418. The zero-order valence-electron chi connectivity index (χ0n) is 15.6. The Labute approximate surface area is 174 Å². The van der Waals surface area contributed by atoms with E-state index in [2.05, 4.69) is 5.16 Å². The Morgan fingerprint density at radius 1 is 1.30 bits per heavy atom. The van der Waals surface area contributed by atoms with Crippen LogP contribution in [-0.4, -0.2) is 44.1 Å². The van der Waals surface area contributed by atoms with Gasteiger partial charge in [-0.3, -0.25) is 4.79 Å². The van der Waals surface area contributed by atoms with Gasteiger partial charge in [-0.15, -0.1) is 11.3 Å². The van der Waals surface area contributed by atoms with Gasteiger partial charge in [0.25, 0.3) is 10.0 Å². The van der Waals surface area contributed by atoms with E-state index in [0.29, 0.717) is 0 Å². The summed E-state index contributed by atoms with van der Waals surface area (Å²) in [6.07, 6.45) is -4.52. The molecule has 162 valence electrons. The highest BCUT2D eigenvalue weighted by Gasteiger charge is 2.44. The summed E-state index contributed by atoms with van der Waals surface area (Å²) in [6, 6.07) is 6.50. The Morgan fingerprint density at radius 3 is 2.70 bits per heavy atom. The SMILES string of the molecule is COC(=O)C1CC(=NOCc2cccc(C(F)(F)F)c2)CN1S(=O)(=O)c1cccs1. The maximum absolute atomic E-state index is 12.8. The third kappa shape index (κ3) is 4.82. The van der Waals surface area contributed by atoms with Crippen molar-refractivity contribution >= 4 is 33.0 Å². The molecule has 1 atom stereocenters. The van der Waals surface area contributed by atoms with Crippen LogP contribution in [0.3, 0.4) is 0 Å². The monoisotopic (exact) mass is 462 g/mol. The summed E-state index contributed by atoms with van der Waals surface area (Å²) in [5.74, 6) is -0.738. The molecule has 7 nitrogen and oxygen atoms in total. The second kappa shape index (κ2) is 8.74. The summed E-state index contributed by atoms with van der Waals surface area (Å²) in [6.45, 7) is -0.434. The maximum Gasteiger partial charge on any atom is 0.416 e. The fourth-order valence-electron chi connectivity index (χ4n) is 2.90. The highest BCUT2D eigenvalue weighted by Crippen LogP contribution is 2.30. The third-order valence-corrected chi connectivity index (χ3v) is 7.55. The molecule has 0 aliphatic carbocycles. The molecule has 1 aromatic heterocycles. The van der Waals surface area contributed by atoms with Crippen LogP contribution in [0.25, 0.3) is 0 Å². The summed E-state index contributed by atoms with van der Waals surface area (Å²) in [5, 5.41) is 5.45. The number of methoxy groups -OCH3 is 1.